The molecule has 0 amide bonds. The lowest BCUT2D eigenvalue weighted by Crippen LogP contribution is -2.26. The van der Waals surface area contributed by atoms with Crippen molar-refractivity contribution in [2.24, 2.45) is 0 Å². The SMILES string of the molecule is C=CCSCCNS(=O)(=O)c1cccc2ccccc12. The minimum Gasteiger partial charge on any atom is -0.210 e. The molecule has 2 aromatic rings. The molecular formula is C15H17NO2S2. The lowest BCUT2D eigenvalue weighted by molar-refractivity contribution is 0.585. The molecule has 0 aliphatic carbocycles. The van der Waals surface area contributed by atoms with Crippen LogP contribution in [0.15, 0.2) is 60.0 Å². The molecule has 0 atom stereocenters. The van der Waals surface area contributed by atoms with E-state index in [1.54, 1.807) is 23.9 Å². The van der Waals surface area contributed by atoms with Crippen molar-refractivity contribution in [3.63, 3.8) is 0 Å². The van der Waals surface area contributed by atoms with E-state index in [4.69, 9.17) is 0 Å². The Morgan fingerprint density at radius 3 is 2.70 bits per heavy atom. The van der Waals surface area contributed by atoms with Crippen molar-refractivity contribution >= 4 is 32.6 Å². The zero-order chi connectivity index (χ0) is 14.4. The van der Waals surface area contributed by atoms with Crippen molar-refractivity contribution in [3.8, 4) is 0 Å². The number of nitrogens with one attached hydrogen (secondary N) is 1. The Hall–Kier alpha value is -1.30. The van der Waals surface area contributed by atoms with E-state index < -0.39 is 10.0 Å². The van der Waals surface area contributed by atoms with Crippen molar-refractivity contribution in [1.29, 1.82) is 0 Å². The van der Waals surface area contributed by atoms with E-state index in [2.05, 4.69) is 11.3 Å². The topological polar surface area (TPSA) is 46.2 Å². The van der Waals surface area contributed by atoms with Gasteiger partial charge in [0, 0.05) is 23.4 Å². The minimum atomic E-state index is -3.46. The summed E-state index contributed by atoms with van der Waals surface area (Å²) in [6, 6.07) is 12.8. The fraction of sp³-hybridized carbons (Fsp3) is 0.200. The zero-order valence-electron chi connectivity index (χ0n) is 11.1. The summed E-state index contributed by atoms with van der Waals surface area (Å²) >= 11 is 1.65. The van der Waals surface area contributed by atoms with Gasteiger partial charge in [-0.15, -0.1) is 6.58 Å². The second-order valence-electron chi connectivity index (χ2n) is 4.24. The molecule has 1 N–H and O–H groups in total. The van der Waals surface area contributed by atoms with Crippen molar-refractivity contribution < 1.29 is 8.42 Å². The molecule has 106 valence electrons. The Bertz CT molecular complexity index is 691. The summed E-state index contributed by atoms with van der Waals surface area (Å²) in [5.41, 5.74) is 0. The second-order valence-corrected chi connectivity index (χ2v) is 7.12. The second kappa shape index (κ2) is 6.92. The van der Waals surface area contributed by atoms with Crippen LogP contribution in [0, 0.1) is 0 Å². The molecule has 2 aromatic carbocycles. The highest BCUT2D eigenvalue weighted by Crippen LogP contribution is 2.22. The maximum absolute atomic E-state index is 12.3. The third kappa shape index (κ3) is 3.62. The molecule has 3 nitrogen and oxygen atoms in total. The molecule has 2 rings (SSSR count). The normalized spacial score (nSPS) is 11.6. The summed E-state index contributed by atoms with van der Waals surface area (Å²) in [7, 11) is -3.46. The molecule has 20 heavy (non-hydrogen) atoms. The van der Waals surface area contributed by atoms with Gasteiger partial charge in [-0.25, -0.2) is 13.1 Å². The van der Waals surface area contributed by atoms with Gasteiger partial charge in [-0.05, 0) is 11.5 Å². The van der Waals surface area contributed by atoms with Crippen LogP contribution in [0.2, 0.25) is 0 Å². The minimum absolute atomic E-state index is 0.337. The van der Waals surface area contributed by atoms with Gasteiger partial charge in [0.05, 0.1) is 4.90 Å². The largest absolute Gasteiger partial charge is 0.241 e. The van der Waals surface area contributed by atoms with Gasteiger partial charge in [0.1, 0.15) is 0 Å². The van der Waals surface area contributed by atoms with Gasteiger partial charge < -0.3 is 0 Å². The highest BCUT2D eigenvalue weighted by Gasteiger charge is 2.16. The lowest BCUT2D eigenvalue weighted by atomic mass is 10.1. The smallest absolute Gasteiger partial charge is 0.210 e. The third-order valence-electron chi connectivity index (χ3n) is 2.81. The van der Waals surface area contributed by atoms with E-state index in [1.165, 1.54) is 0 Å². The first-order chi connectivity index (χ1) is 9.65. The fourth-order valence-corrected chi connectivity index (χ4v) is 3.89. The summed E-state index contributed by atoms with van der Waals surface area (Å²) in [6.45, 7) is 4.05. The number of hydrogen-bond donors (Lipinski definition) is 1. The van der Waals surface area contributed by atoms with Crippen LogP contribution >= 0.6 is 11.8 Å². The summed E-state index contributed by atoms with van der Waals surface area (Å²) in [6.07, 6.45) is 1.81. The van der Waals surface area contributed by atoms with Gasteiger partial charge in [-0.1, -0.05) is 42.5 Å². The maximum Gasteiger partial charge on any atom is 0.241 e. The summed E-state index contributed by atoms with van der Waals surface area (Å²) in [5.74, 6) is 1.56. The van der Waals surface area contributed by atoms with E-state index >= 15 is 0 Å². The number of sulfonamides is 1. The van der Waals surface area contributed by atoms with Crippen LogP contribution in [0.5, 0.6) is 0 Å². The first-order valence-electron chi connectivity index (χ1n) is 6.31. The Morgan fingerprint density at radius 1 is 1.15 bits per heavy atom. The third-order valence-corrected chi connectivity index (χ3v) is 5.30. The van der Waals surface area contributed by atoms with Crippen LogP contribution in [0.3, 0.4) is 0 Å². The number of hydrogen-bond acceptors (Lipinski definition) is 3. The highest BCUT2D eigenvalue weighted by molar-refractivity contribution is 7.99. The van der Waals surface area contributed by atoms with Crippen molar-refractivity contribution in [2.75, 3.05) is 18.1 Å². The maximum atomic E-state index is 12.3. The number of rotatable bonds is 7. The number of thioether (sulfide) groups is 1. The molecule has 0 fully saturated rings. The Labute approximate surface area is 124 Å². The van der Waals surface area contributed by atoms with E-state index in [-0.39, 0.29) is 0 Å². The number of fused-ring (bicyclic) bond motifs is 1. The Balaban J connectivity index is 2.17. The molecule has 0 unspecified atom stereocenters. The molecule has 0 aliphatic rings. The van der Waals surface area contributed by atoms with Crippen LogP contribution in [0.1, 0.15) is 0 Å². The first kappa shape index (κ1) is 15.1. The lowest BCUT2D eigenvalue weighted by Gasteiger charge is -2.09. The molecule has 0 radical (unpaired) electrons. The van der Waals surface area contributed by atoms with Crippen molar-refractivity contribution in [1.82, 2.24) is 4.72 Å². The van der Waals surface area contributed by atoms with Gasteiger partial charge in [0.2, 0.25) is 10.0 Å². The van der Waals surface area contributed by atoms with Gasteiger partial charge in [0.25, 0.3) is 0 Å². The summed E-state index contributed by atoms with van der Waals surface area (Å²) < 4.78 is 27.3. The Kier molecular flexibility index (Phi) is 5.23. The molecule has 0 saturated heterocycles. The Morgan fingerprint density at radius 2 is 1.90 bits per heavy atom. The van der Waals surface area contributed by atoms with Gasteiger partial charge in [-0.2, -0.15) is 11.8 Å². The monoisotopic (exact) mass is 307 g/mol. The van der Waals surface area contributed by atoms with Crippen molar-refractivity contribution in [2.45, 2.75) is 4.90 Å². The summed E-state index contributed by atoms with van der Waals surface area (Å²) in [5, 5.41) is 1.68. The zero-order valence-corrected chi connectivity index (χ0v) is 12.7. The van der Waals surface area contributed by atoms with E-state index in [1.807, 2.05) is 36.4 Å². The molecule has 0 aromatic heterocycles. The van der Waals surface area contributed by atoms with Crippen LogP contribution in [0.25, 0.3) is 10.8 Å². The standard InChI is InChI=1S/C15H17NO2S2/c1-2-11-19-12-10-16-20(17,18)15-9-5-7-13-6-3-4-8-14(13)15/h2-9,16H,1,10-12H2. The first-order valence-corrected chi connectivity index (χ1v) is 8.95. The predicted molar refractivity (Wildman–Crippen MR) is 86.7 cm³/mol. The van der Waals surface area contributed by atoms with E-state index in [9.17, 15) is 8.42 Å². The van der Waals surface area contributed by atoms with Crippen LogP contribution in [-0.2, 0) is 10.0 Å². The van der Waals surface area contributed by atoms with E-state index in [0.29, 0.717) is 11.4 Å². The van der Waals surface area contributed by atoms with Crippen LogP contribution < -0.4 is 4.72 Å². The predicted octanol–water partition coefficient (Wildman–Crippen LogP) is 3.04. The molecular weight excluding hydrogens is 290 g/mol. The molecule has 5 heteroatoms. The van der Waals surface area contributed by atoms with Gasteiger partial charge in [-0.3, -0.25) is 0 Å². The number of benzene rings is 2. The quantitative estimate of drug-likeness (QED) is 0.632. The van der Waals surface area contributed by atoms with Crippen LogP contribution in [-0.4, -0.2) is 26.5 Å². The molecule has 0 bridgehead atoms. The molecule has 0 saturated carbocycles. The molecule has 0 heterocycles. The van der Waals surface area contributed by atoms with Gasteiger partial charge >= 0.3 is 0 Å². The molecule has 0 aliphatic heterocycles. The fourth-order valence-electron chi connectivity index (χ4n) is 1.92. The average Bonchev–Trinajstić information content (AvgIpc) is 2.46. The average molecular weight is 307 g/mol. The molecule has 0 spiro atoms. The van der Waals surface area contributed by atoms with Crippen molar-refractivity contribution in [3.05, 3.63) is 55.1 Å². The highest BCUT2D eigenvalue weighted by atomic mass is 32.2. The summed E-state index contributed by atoms with van der Waals surface area (Å²) in [4.78, 5) is 0.337. The van der Waals surface area contributed by atoms with E-state index in [0.717, 1.165) is 22.3 Å². The van der Waals surface area contributed by atoms with Crippen LogP contribution in [0.4, 0.5) is 0 Å². The van der Waals surface area contributed by atoms with Gasteiger partial charge in [0.15, 0.2) is 0 Å².